The number of hydrogen-bond acceptors (Lipinski definition) is 5. The SMILES string of the molecule is CCOc1ccccc1N1C(=N)SC2CS(=O)(=O)CC21. The Kier molecular flexibility index (Phi) is 3.41. The Hall–Kier alpha value is -1.21. The third-order valence-electron chi connectivity index (χ3n) is 3.51. The Morgan fingerprint density at radius 3 is 2.90 bits per heavy atom. The van der Waals surface area contributed by atoms with E-state index in [0.29, 0.717) is 17.5 Å². The van der Waals surface area contributed by atoms with E-state index in [4.69, 9.17) is 10.1 Å². The molecule has 108 valence electrons. The maximum atomic E-state index is 11.8. The number of thioether (sulfide) groups is 1. The van der Waals surface area contributed by atoms with Gasteiger partial charge in [-0.2, -0.15) is 0 Å². The second-order valence-electron chi connectivity index (χ2n) is 4.88. The van der Waals surface area contributed by atoms with Crippen molar-refractivity contribution >= 4 is 32.5 Å². The summed E-state index contributed by atoms with van der Waals surface area (Å²) in [4.78, 5) is 1.81. The lowest BCUT2D eigenvalue weighted by atomic mass is 10.2. The average Bonchev–Trinajstić information content (AvgIpc) is 2.81. The van der Waals surface area contributed by atoms with E-state index in [-0.39, 0.29) is 22.8 Å². The maximum Gasteiger partial charge on any atom is 0.161 e. The highest BCUT2D eigenvalue weighted by Gasteiger charge is 2.49. The van der Waals surface area contributed by atoms with E-state index in [1.165, 1.54) is 11.8 Å². The van der Waals surface area contributed by atoms with Gasteiger partial charge in [0.25, 0.3) is 0 Å². The number of ether oxygens (including phenoxy) is 1. The molecule has 20 heavy (non-hydrogen) atoms. The van der Waals surface area contributed by atoms with Gasteiger partial charge in [-0.15, -0.1) is 0 Å². The number of anilines is 1. The van der Waals surface area contributed by atoms with E-state index in [1.807, 2.05) is 36.1 Å². The summed E-state index contributed by atoms with van der Waals surface area (Å²) < 4.78 is 29.2. The fourth-order valence-corrected chi connectivity index (χ4v) is 6.51. The van der Waals surface area contributed by atoms with Crippen molar-refractivity contribution in [2.75, 3.05) is 23.0 Å². The smallest absolute Gasteiger partial charge is 0.161 e. The fraction of sp³-hybridized carbons (Fsp3) is 0.462. The zero-order chi connectivity index (χ0) is 14.3. The zero-order valence-corrected chi connectivity index (χ0v) is 12.7. The van der Waals surface area contributed by atoms with Crippen LogP contribution in [-0.2, 0) is 9.84 Å². The molecule has 2 aliphatic rings. The molecule has 0 aromatic heterocycles. The normalized spacial score (nSPS) is 27.6. The number of para-hydroxylation sites is 2. The van der Waals surface area contributed by atoms with Crippen molar-refractivity contribution in [3.8, 4) is 5.75 Å². The van der Waals surface area contributed by atoms with Gasteiger partial charge in [-0.1, -0.05) is 23.9 Å². The van der Waals surface area contributed by atoms with E-state index in [9.17, 15) is 8.42 Å². The Labute approximate surface area is 122 Å². The van der Waals surface area contributed by atoms with E-state index in [2.05, 4.69) is 0 Å². The van der Waals surface area contributed by atoms with Gasteiger partial charge in [-0.05, 0) is 19.1 Å². The summed E-state index contributed by atoms with van der Waals surface area (Å²) in [5.41, 5.74) is 0.788. The van der Waals surface area contributed by atoms with Gasteiger partial charge in [0.15, 0.2) is 15.0 Å². The summed E-state index contributed by atoms with van der Waals surface area (Å²) >= 11 is 1.34. The molecule has 0 amide bonds. The first-order chi connectivity index (χ1) is 9.52. The molecule has 0 bridgehead atoms. The molecule has 1 aromatic carbocycles. The van der Waals surface area contributed by atoms with Crippen molar-refractivity contribution in [3.05, 3.63) is 24.3 Å². The highest BCUT2D eigenvalue weighted by Crippen LogP contribution is 2.43. The molecular weight excluding hydrogens is 296 g/mol. The second-order valence-corrected chi connectivity index (χ2v) is 8.26. The van der Waals surface area contributed by atoms with E-state index in [0.717, 1.165) is 5.69 Å². The Morgan fingerprint density at radius 1 is 1.40 bits per heavy atom. The maximum absolute atomic E-state index is 11.8. The first-order valence-electron chi connectivity index (χ1n) is 6.48. The van der Waals surface area contributed by atoms with Gasteiger partial charge in [-0.25, -0.2) is 8.42 Å². The van der Waals surface area contributed by atoms with E-state index in [1.54, 1.807) is 0 Å². The molecular formula is C13H16N2O3S2. The molecule has 1 aromatic rings. The standard InChI is InChI=1S/C13H16N2O3S2/c1-2-18-11-6-4-3-5-9(11)15-10-7-20(16,17)8-12(10)19-13(15)14/h3-6,10,12,14H,2,7-8H2,1H3. The molecule has 2 saturated heterocycles. The monoisotopic (exact) mass is 312 g/mol. The molecule has 0 spiro atoms. The Bertz CT molecular complexity index is 645. The Morgan fingerprint density at radius 2 is 2.15 bits per heavy atom. The number of amidine groups is 1. The lowest BCUT2D eigenvalue weighted by molar-refractivity contribution is 0.340. The lowest BCUT2D eigenvalue weighted by Gasteiger charge is -2.25. The molecule has 1 N–H and O–H groups in total. The molecule has 0 radical (unpaired) electrons. The summed E-state index contributed by atoms with van der Waals surface area (Å²) in [5.74, 6) is 0.983. The van der Waals surface area contributed by atoms with Crippen molar-refractivity contribution in [3.63, 3.8) is 0 Å². The van der Waals surface area contributed by atoms with Gasteiger partial charge >= 0.3 is 0 Å². The quantitative estimate of drug-likeness (QED) is 0.920. The number of benzene rings is 1. The van der Waals surface area contributed by atoms with Crippen LogP contribution in [0.2, 0.25) is 0 Å². The number of nitrogens with one attached hydrogen (secondary N) is 1. The highest BCUT2D eigenvalue weighted by molar-refractivity contribution is 8.15. The van der Waals surface area contributed by atoms with Crippen LogP contribution in [0.15, 0.2) is 24.3 Å². The minimum absolute atomic E-state index is 0.0396. The van der Waals surface area contributed by atoms with Gasteiger partial charge in [0, 0.05) is 5.25 Å². The topological polar surface area (TPSA) is 70.5 Å². The minimum Gasteiger partial charge on any atom is -0.492 e. The molecule has 0 saturated carbocycles. The predicted octanol–water partition coefficient (Wildman–Crippen LogP) is 1.74. The zero-order valence-electron chi connectivity index (χ0n) is 11.1. The van der Waals surface area contributed by atoms with E-state index < -0.39 is 9.84 Å². The third kappa shape index (κ3) is 2.29. The highest BCUT2D eigenvalue weighted by atomic mass is 32.2. The molecule has 2 heterocycles. The van der Waals surface area contributed by atoms with Crippen molar-refractivity contribution in [1.29, 1.82) is 5.41 Å². The van der Waals surface area contributed by atoms with Gasteiger partial charge in [-0.3, -0.25) is 5.41 Å². The fourth-order valence-electron chi connectivity index (χ4n) is 2.72. The lowest BCUT2D eigenvalue weighted by Crippen LogP contribution is -2.37. The largest absolute Gasteiger partial charge is 0.492 e. The van der Waals surface area contributed by atoms with Crippen molar-refractivity contribution in [1.82, 2.24) is 0 Å². The van der Waals surface area contributed by atoms with Crippen LogP contribution in [-0.4, -0.2) is 43.0 Å². The molecule has 7 heteroatoms. The molecule has 3 rings (SSSR count). The number of fused-ring (bicyclic) bond motifs is 1. The van der Waals surface area contributed by atoms with Crippen LogP contribution in [0.3, 0.4) is 0 Å². The summed E-state index contributed by atoms with van der Waals surface area (Å²) in [6, 6.07) is 7.34. The second kappa shape index (κ2) is 4.96. The summed E-state index contributed by atoms with van der Waals surface area (Å²) in [7, 11) is -2.99. The van der Waals surface area contributed by atoms with Gasteiger partial charge in [0.2, 0.25) is 0 Å². The van der Waals surface area contributed by atoms with Crippen LogP contribution in [0, 0.1) is 5.41 Å². The number of hydrogen-bond donors (Lipinski definition) is 1. The summed E-state index contributed by atoms with van der Waals surface area (Å²) in [6.45, 7) is 2.45. The van der Waals surface area contributed by atoms with Crippen LogP contribution in [0.4, 0.5) is 5.69 Å². The van der Waals surface area contributed by atoms with Gasteiger partial charge in [0.05, 0.1) is 29.8 Å². The summed E-state index contributed by atoms with van der Waals surface area (Å²) in [6.07, 6.45) is 0. The molecule has 2 unspecified atom stereocenters. The van der Waals surface area contributed by atoms with Gasteiger partial charge in [0.1, 0.15) is 5.75 Å². The van der Waals surface area contributed by atoms with Crippen LogP contribution >= 0.6 is 11.8 Å². The number of rotatable bonds is 3. The van der Waals surface area contributed by atoms with Crippen LogP contribution < -0.4 is 9.64 Å². The van der Waals surface area contributed by atoms with E-state index >= 15 is 0 Å². The number of nitrogens with zero attached hydrogens (tertiary/aromatic N) is 1. The van der Waals surface area contributed by atoms with Crippen molar-refractivity contribution < 1.29 is 13.2 Å². The predicted molar refractivity (Wildman–Crippen MR) is 81.6 cm³/mol. The first kappa shape index (κ1) is 13.8. The average molecular weight is 312 g/mol. The molecule has 2 fully saturated rings. The molecule has 5 nitrogen and oxygen atoms in total. The van der Waals surface area contributed by atoms with Crippen LogP contribution in [0.1, 0.15) is 6.92 Å². The minimum atomic E-state index is -2.99. The van der Waals surface area contributed by atoms with Crippen LogP contribution in [0.25, 0.3) is 0 Å². The van der Waals surface area contributed by atoms with Gasteiger partial charge < -0.3 is 9.64 Å². The van der Waals surface area contributed by atoms with Crippen LogP contribution in [0.5, 0.6) is 5.75 Å². The third-order valence-corrected chi connectivity index (χ3v) is 6.64. The van der Waals surface area contributed by atoms with Crippen molar-refractivity contribution in [2.45, 2.75) is 18.2 Å². The number of sulfone groups is 1. The first-order valence-corrected chi connectivity index (χ1v) is 9.18. The molecule has 2 atom stereocenters. The molecule has 2 aliphatic heterocycles. The van der Waals surface area contributed by atoms with Crippen molar-refractivity contribution in [2.24, 2.45) is 0 Å². The molecule has 0 aliphatic carbocycles. The Balaban J connectivity index is 1.99. The summed E-state index contributed by atoms with van der Waals surface area (Å²) in [5, 5.41) is 8.50.